The van der Waals surface area contributed by atoms with Crippen molar-refractivity contribution in [2.24, 2.45) is 0 Å². The Morgan fingerprint density at radius 3 is 1.47 bits per heavy atom. The minimum Gasteiger partial charge on any atom is -0.323 e. The van der Waals surface area contributed by atoms with Crippen LogP contribution < -0.4 is 0 Å². The van der Waals surface area contributed by atoms with Crippen LogP contribution in [0, 0.1) is 0 Å². The molecule has 0 rings (SSSR count). The Labute approximate surface area is 108 Å². The van der Waals surface area contributed by atoms with E-state index in [9.17, 15) is 28.7 Å². The molecule has 0 amide bonds. The lowest BCUT2D eigenvalue weighted by molar-refractivity contribution is -0.252. The average molecular weight is 325 g/mol. The van der Waals surface area contributed by atoms with Gasteiger partial charge in [0.15, 0.2) is 0 Å². The van der Waals surface area contributed by atoms with Gasteiger partial charge in [-0.2, -0.15) is 0 Å². The monoisotopic (exact) mass is 325 g/mol. The van der Waals surface area contributed by atoms with E-state index < -0.39 is 46.5 Å². The van der Waals surface area contributed by atoms with Gasteiger partial charge in [-0.25, -0.2) is 9.78 Å². The van der Waals surface area contributed by atoms with Gasteiger partial charge in [0.2, 0.25) is 5.02 Å². The molecule has 0 heterocycles. The summed E-state index contributed by atoms with van der Waals surface area (Å²) in [6, 6.07) is 0. The van der Waals surface area contributed by atoms with E-state index in [0.29, 0.717) is 11.8 Å². The second-order valence-corrected chi connectivity index (χ2v) is 7.98. The second-order valence-electron chi connectivity index (χ2n) is 3.71. The average Bonchev–Trinajstić information content (AvgIpc) is 2.25. The van der Waals surface area contributed by atoms with Crippen LogP contribution in [0.5, 0.6) is 0 Å². The molecule has 0 radical (unpaired) electrons. The molecule has 19 heavy (non-hydrogen) atoms. The lowest BCUT2D eigenvalue weighted by Crippen LogP contribution is -2.48. The predicted octanol–water partition coefficient (Wildman–Crippen LogP) is -0.703. The highest BCUT2D eigenvalue weighted by molar-refractivity contribution is 7.72. The van der Waals surface area contributed by atoms with Crippen LogP contribution in [0.3, 0.4) is 0 Å². The third kappa shape index (κ3) is 4.55. The van der Waals surface area contributed by atoms with E-state index in [1.807, 2.05) is 0 Å². The predicted molar refractivity (Wildman–Crippen MR) is 61.2 cm³/mol. The SMILES string of the molecule is CC(N(CCOO)CCOO)(P(=O)(O)O)P(=O)(O)O. The maximum Gasteiger partial charge on any atom is 0.357 e. The van der Waals surface area contributed by atoms with Crippen LogP contribution in [0.4, 0.5) is 0 Å². The smallest absolute Gasteiger partial charge is 0.323 e. The summed E-state index contributed by atoms with van der Waals surface area (Å²) in [6.07, 6.45) is 0. The first-order valence-corrected chi connectivity index (χ1v) is 8.14. The van der Waals surface area contributed by atoms with Crippen molar-refractivity contribution in [3.63, 3.8) is 0 Å². The molecule has 0 bridgehead atoms. The van der Waals surface area contributed by atoms with Gasteiger partial charge in [0.1, 0.15) is 0 Å². The van der Waals surface area contributed by atoms with Gasteiger partial charge in [0.05, 0.1) is 13.2 Å². The molecular weight excluding hydrogens is 308 g/mol. The third-order valence-electron chi connectivity index (χ3n) is 2.61. The van der Waals surface area contributed by atoms with Crippen LogP contribution in [-0.2, 0) is 18.9 Å². The molecule has 11 nitrogen and oxygen atoms in total. The maximum atomic E-state index is 11.4. The van der Waals surface area contributed by atoms with Gasteiger partial charge < -0.3 is 19.6 Å². The summed E-state index contributed by atoms with van der Waals surface area (Å²) in [4.78, 5) is 45.0. The Morgan fingerprint density at radius 1 is 0.947 bits per heavy atom. The summed E-state index contributed by atoms with van der Waals surface area (Å²) in [6.45, 7) is -1.05. The van der Waals surface area contributed by atoms with Gasteiger partial charge in [-0.1, -0.05) is 0 Å². The van der Waals surface area contributed by atoms with E-state index in [4.69, 9.17) is 10.5 Å². The summed E-state index contributed by atoms with van der Waals surface area (Å²) >= 11 is 0. The Hall–Kier alpha value is 0.1000. The highest BCUT2D eigenvalue weighted by Crippen LogP contribution is 2.69. The molecule has 0 aromatic heterocycles. The van der Waals surface area contributed by atoms with Gasteiger partial charge in [0.25, 0.3) is 0 Å². The molecule has 0 aromatic carbocycles. The van der Waals surface area contributed by atoms with Gasteiger partial charge in [-0.05, 0) is 6.92 Å². The van der Waals surface area contributed by atoms with Gasteiger partial charge in [0, 0.05) is 13.1 Å². The molecule has 0 atom stereocenters. The largest absolute Gasteiger partial charge is 0.357 e. The van der Waals surface area contributed by atoms with Gasteiger partial charge in [-0.15, -0.1) is 0 Å². The second kappa shape index (κ2) is 7.21. The molecule has 0 aliphatic carbocycles. The zero-order valence-corrected chi connectivity index (χ0v) is 11.8. The van der Waals surface area contributed by atoms with E-state index in [2.05, 4.69) is 9.78 Å². The van der Waals surface area contributed by atoms with Crippen LogP contribution in [0.15, 0.2) is 0 Å². The van der Waals surface area contributed by atoms with Crippen molar-refractivity contribution < 1.29 is 49.0 Å². The molecule has 0 spiro atoms. The highest BCUT2D eigenvalue weighted by atomic mass is 31.2. The summed E-state index contributed by atoms with van der Waals surface area (Å²) < 4.78 is 22.8. The van der Waals surface area contributed by atoms with E-state index in [1.165, 1.54) is 0 Å². The molecule has 0 saturated carbocycles. The summed E-state index contributed by atoms with van der Waals surface area (Å²) in [5.41, 5.74) is 0. The van der Waals surface area contributed by atoms with Crippen molar-refractivity contribution in [3.8, 4) is 0 Å². The number of nitrogens with zero attached hydrogens (tertiary/aromatic N) is 1. The Kier molecular flexibility index (Phi) is 7.24. The first-order chi connectivity index (χ1) is 8.52. The van der Waals surface area contributed by atoms with E-state index in [1.54, 1.807) is 0 Å². The number of hydrogen-bond donors (Lipinski definition) is 6. The highest BCUT2D eigenvalue weighted by Gasteiger charge is 2.60. The standard InChI is InChI=1S/C6H17NO10P2/c1-6(18(10,11)12,19(13,14)15)7(2-4-16-8)3-5-17-9/h8-9H,2-5H2,1H3,(H2,10,11,12)(H2,13,14,15). The first-order valence-electron chi connectivity index (χ1n) is 4.91. The van der Waals surface area contributed by atoms with Crippen LogP contribution in [0.1, 0.15) is 6.92 Å². The van der Waals surface area contributed by atoms with Crippen molar-refractivity contribution in [2.45, 2.75) is 11.9 Å². The zero-order chi connectivity index (χ0) is 15.3. The lowest BCUT2D eigenvalue weighted by Gasteiger charge is -2.40. The Balaban J connectivity index is 5.49. The third-order valence-corrected chi connectivity index (χ3v) is 6.94. The molecule has 116 valence electrons. The lowest BCUT2D eigenvalue weighted by atomic mass is 10.4. The van der Waals surface area contributed by atoms with Crippen molar-refractivity contribution >= 4 is 15.2 Å². The number of rotatable bonds is 9. The maximum absolute atomic E-state index is 11.4. The Bertz CT molecular complexity index is 333. The summed E-state index contributed by atoms with van der Waals surface area (Å²) in [5.74, 6) is 0. The molecule has 0 fully saturated rings. The molecule has 0 aromatic rings. The van der Waals surface area contributed by atoms with Crippen LogP contribution in [-0.4, -0.2) is 66.3 Å². The van der Waals surface area contributed by atoms with Crippen molar-refractivity contribution in [2.75, 3.05) is 26.3 Å². The van der Waals surface area contributed by atoms with Crippen LogP contribution in [0.25, 0.3) is 0 Å². The molecule has 0 aliphatic heterocycles. The topological polar surface area (TPSA) is 177 Å². The van der Waals surface area contributed by atoms with Crippen LogP contribution >= 0.6 is 15.2 Å². The molecular formula is C6H17NO10P2. The molecule has 0 unspecified atom stereocenters. The van der Waals surface area contributed by atoms with Crippen molar-refractivity contribution in [3.05, 3.63) is 0 Å². The fourth-order valence-electron chi connectivity index (χ4n) is 1.38. The minimum atomic E-state index is -5.26. The fraction of sp³-hybridized carbons (Fsp3) is 1.00. The van der Waals surface area contributed by atoms with E-state index >= 15 is 0 Å². The van der Waals surface area contributed by atoms with Crippen LogP contribution in [0.2, 0.25) is 0 Å². The van der Waals surface area contributed by atoms with Gasteiger partial charge in [-0.3, -0.25) is 24.5 Å². The van der Waals surface area contributed by atoms with E-state index in [0.717, 1.165) is 0 Å². The quantitative estimate of drug-likeness (QED) is 0.179. The minimum absolute atomic E-state index is 0.410. The molecule has 6 N–H and O–H groups in total. The Morgan fingerprint density at radius 2 is 1.26 bits per heavy atom. The normalized spacial score (nSPS) is 14.1. The van der Waals surface area contributed by atoms with Crippen molar-refractivity contribution in [1.29, 1.82) is 0 Å². The first kappa shape index (κ1) is 19.1. The molecule has 0 saturated heterocycles. The van der Waals surface area contributed by atoms with E-state index in [-0.39, 0.29) is 0 Å². The molecule has 0 aliphatic rings. The van der Waals surface area contributed by atoms with Crippen molar-refractivity contribution in [1.82, 2.24) is 4.90 Å². The number of hydrogen-bond acceptors (Lipinski definition) is 7. The zero-order valence-electron chi connectivity index (χ0n) is 9.99. The fourth-order valence-corrected chi connectivity index (χ4v) is 3.87. The summed E-state index contributed by atoms with van der Waals surface area (Å²) in [7, 11) is -10.5. The van der Waals surface area contributed by atoms with Gasteiger partial charge >= 0.3 is 15.2 Å². The summed E-state index contributed by atoms with van der Waals surface area (Å²) in [5, 5.41) is 13.6. The molecule has 13 heteroatoms.